The van der Waals surface area contributed by atoms with Crippen molar-refractivity contribution in [1.82, 2.24) is 5.32 Å². The molecule has 2 fully saturated rings. The first-order chi connectivity index (χ1) is 26.5. The van der Waals surface area contributed by atoms with Crippen molar-refractivity contribution in [3.63, 3.8) is 0 Å². The summed E-state index contributed by atoms with van der Waals surface area (Å²) in [6.07, 6.45) is 7.72. The number of carbonyl (C=O) groups is 1. The van der Waals surface area contributed by atoms with Crippen molar-refractivity contribution < 1.29 is 79.6 Å². The van der Waals surface area contributed by atoms with Gasteiger partial charge in [-0.3, -0.25) is 9.32 Å². The zero-order valence-electron chi connectivity index (χ0n) is 32.0. The lowest BCUT2D eigenvalue weighted by atomic mass is 9.89. The second-order valence-corrected chi connectivity index (χ2v) is 20.9. The van der Waals surface area contributed by atoms with Crippen molar-refractivity contribution in [3.8, 4) is 0 Å². The van der Waals surface area contributed by atoms with E-state index in [0.29, 0.717) is 59.2 Å². The summed E-state index contributed by atoms with van der Waals surface area (Å²) in [6.45, 7) is 6.91. The highest BCUT2D eigenvalue weighted by Gasteiger charge is 2.44. The Labute approximate surface area is 336 Å². The molecule has 0 bridgehead atoms. The molecule has 1 saturated carbocycles. The van der Waals surface area contributed by atoms with Crippen molar-refractivity contribution in [2.24, 2.45) is 11.0 Å². The Morgan fingerprint density at radius 3 is 2.02 bits per heavy atom. The lowest BCUT2D eigenvalue weighted by Gasteiger charge is -2.25. The molecule has 1 heterocycles. The Morgan fingerprint density at radius 2 is 1.43 bits per heavy atom. The standard InChI is InChI=1S/C30H59N4O17P3S2/c1-30(2,23-32-29(35)11-13-43-15-17-45-19-20-46-18-16-44-14-12-33-34-31)56-55-24-47-27-21-26(25-9-7-5-3-4-6-8-10-25)49-28(27)22-48-53(39,40)51-54(41,42)50-52(36,37)38/h25-28H,3-24H2,1-2H3,(H,32,35)(H,39,40)(H,41,42)(H2,36,37,38)/t26-,27?,28-/m1/s1. The Balaban J connectivity index is 1.71. The summed E-state index contributed by atoms with van der Waals surface area (Å²) in [4.78, 5) is 52.2. The molecule has 1 aliphatic heterocycles. The molecule has 0 aromatic rings. The summed E-state index contributed by atoms with van der Waals surface area (Å²) in [5.41, 5.74) is 8.18. The third-order valence-electron chi connectivity index (χ3n) is 8.29. The molecule has 0 aromatic carbocycles. The van der Waals surface area contributed by atoms with Crippen molar-refractivity contribution in [1.29, 1.82) is 0 Å². The third kappa shape index (κ3) is 26.0. The summed E-state index contributed by atoms with van der Waals surface area (Å²) < 4.78 is 81.4. The molecule has 5 atom stereocenters. The van der Waals surface area contributed by atoms with Crippen molar-refractivity contribution >= 4 is 51.0 Å². The van der Waals surface area contributed by atoms with E-state index in [-0.39, 0.29) is 48.2 Å². The average molecular weight is 905 g/mol. The van der Waals surface area contributed by atoms with Gasteiger partial charge in [0, 0.05) is 35.6 Å². The maximum atomic E-state index is 12.4. The number of ether oxygens (including phenoxy) is 6. The smallest absolute Gasteiger partial charge is 0.379 e. The van der Waals surface area contributed by atoms with E-state index < -0.39 is 42.3 Å². The fourth-order valence-corrected chi connectivity index (χ4v) is 10.9. The second kappa shape index (κ2) is 28.2. The van der Waals surface area contributed by atoms with Crippen LogP contribution in [0.3, 0.4) is 0 Å². The summed E-state index contributed by atoms with van der Waals surface area (Å²) >= 11 is 0. The van der Waals surface area contributed by atoms with E-state index >= 15 is 0 Å². The lowest BCUT2D eigenvalue weighted by Crippen LogP contribution is -2.36. The van der Waals surface area contributed by atoms with Gasteiger partial charge in [0.2, 0.25) is 5.91 Å². The van der Waals surface area contributed by atoms with Gasteiger partial charge in [-0.15, -0.1) is 0 Å². The predicted molar refractivity (Wildman–Crippen MR) is 207 cm³/mol. The maximum absolute atomic E-state index is 12.4. The minimum Gasteiger partial charge on any atom is -0.379 e. The number of phosphoric ester groups is 1. The van der Waals surface area contributed by atoms with Crippen LogP contribution >= 0.6 is 45.1 Å². The molecule has 21 nitrogen and oxygen atoms in total. The molecule has 0 radical (unpaired) electrons. The first kappa shape index (κ1) is 51.8. The number of nitrogens with one attached hydrogen (secondary N) is 1. The highest BCUT2D eigenvalue weighted by atomic mass is 33.1. The summed E-state index contributed by atoms with van der Waals surface area (Å²) in [6, 6.07) is 0. The number of nitrogens with zero attached hydrogens (tertiary/aromatic N) is 3. The zero-order chi connectivity index (χ0) is 41.3. The van der Waals surface area contributed by atoms with E-state index in [4.69, 9.17) is 48.3 Å². The quantitative estimate of drug-likeness (QED) is 0.0111. The molecule has 3 unspecified atom stereocenters. The number of hydrogen-bond donors (Lipinski definition) is 5. The van der Waals surface area contributed by atoms with Crippen molar-refractivity contribution in [2.45, 2.75) is 101 Å². The molecule has 0 spiro atoms. The van der Waals surface area contributed by atoms with Crippen LogP contribution in [0.25, 0.3) is 10.4 Å². The first-order valence-electron chi connectivity index (χ1n) is 18.5. The Hall–Kier alpha value is -0.350. The number of rotatable bonds is 30. The van der Waals surface area contributed by atoms with Crippen LogP contribution in [-0.4, -0.2) is 127 Å². The number of phosphoric acid groups is 3. The van der Waals surface area contributed by atoms with Gasteiger partial charge >= 0.3 is 23.5 Å². The molecule has 328 valence electrons. The van der Waals surface area contributed by atoms with Gasteiger partial charge in [0.15, 0.2) is 0 Å². The fourth-order valence-electron chi connectivity index (χ4n) is 5.69. The molecule has 1 aliphatic carbocycles. The number of azide groups is 1. The van der Waals surface area contributed by atoms with E-state index in [1.807, 2.05) is 13.8 Å². The van der Waals surface area contributed by atoms with Crippen LogP contribution in [0.4, 0.5) is 0 Å². The van der Waals surface area contributed by atoms with Crippen LogP contribution in [0.5, 0.6) is 0 Å². The first-order valence-corrected chi connectivity index (χ1v) is 25.3. The van der Waals surface area contributed by atoms with Crippen LogP contribution in [0.2, 0.25) is 0 Å². The van der Waals surface area contributed by atoms with E-state index in [0.717, 1.165) is 38.5 Å². The molecule has 26 heteroatoms. The van der Waals surface area contributed by atoms with Crippen LogP contribution in [0.1, 0.15) is 78.1 Å². The molecular formula is C30H59N4O17P3S2. The number of amides is 1. The number of hydrogen-bond acceptors (Lipinski definition) is 16. The molecule has 1 amide bonds. The highest BCUT2D eigenvalue weighted by Crippen LogP contribution is 2.66. The van der Waals surface area contributed by atoms with Gasteiger partial charge in [0.1, 0.15) is 12.0 Å². The molecular weight excluding hydrogens is 845 g/mol. The van der Waals surface area contributed by atoms with E-state index in [2.05, 4.69) is 24.0 Å². The van der Waals surface area contributed by atoms with Crippen LogP contribution in [0.15, 0.2) is 5.11 Å². The van der Waals surface area contributed by atoms with Gasteiger partial charge in [-0.2, -0.15) is 8.62 Å². The van der Waals surface area contributed by atoms with E-state index in [9.17, 15) is 28.3 Å². The minimum atomic E-state index is -5.66. The van der Waals surface area contributed by atoms with E-state index in [1.165, 1.54) is 34.4 Å². The van der Waals surface area contributed by atoms with E-state index in [1.54, 1.807) is 0 Å². The normalized spacial score (nSPS) is 22.3. The topological polar surface area (TPSA) is 293 Å². The largest absolute Gasteiger partial charge is 0.490 e. The Bertz CT molecular complexity index is 1310. The van der Waals surface area contributed by atoms with Gasteiger partial charge in [0.05, 0.1) is 71.7 Å². The SMILES string of the molecule is CC(C)(CNC(=O)CCOCCOCCOCCOCCN=[N+]=[N-])SSCOC1C[C@H](C2CCCCCCCC2)O[C@@H]1COP(=O)(O)OP(=O)(O)OP(=O)(O)O. The van der Waals surface area contributed by atoms with Gasteiger partial charge in [0.25, 0.3) is 0 Å². The Kier molecular flexibility index (Phi) is 26.1. The summed E-state index contributed by atoms with van der Waals surface area (Å²) in [5, 5.41) is 6.28. The fraction of sp³-hybridized carbons (Fsp3) is 0.967. The van der Waals surface area contributed by atoms with Crippen LogP contribution < -0.4 is 5.32 Å². The maximum Gasteiger partial charge on any atom is 0.490 e. The molecule has 56 heavy (non-hydrogen) atoms. The zero-order valence-corrected chi connectivity index (χ0v) is 36.3. The van der Waals surface area contributed by atoms with Gasteiger partial charge < -0.3 is 53.3 Å². The van der Waals surface area contributed by atoms with Gasteiger partial charge in [-0.1, -0.05) is 65.2 Å². The Morgan fingerprint density at radius 1 is 0.857 bits per heavy atom. The predicted octanol–water partition coefficient (Wildman–Crippen LogP) is 5.62. The molecule has 2 aliphatic rings. The summed E-state index contributed by atoms with van der Waals surface area (Å²) in [5.74, 6) is 0.287. The molecule has 2 rings (SSSR count). The van der Waals surface area contributed by atoms with Crippen molar-refractivity contribution in [3.05, 3.63) is 10.4 Å². The summed E-state index contributed by atoms with van der Waals surface area (Å²) in [7, 11) is -13.6. The average Bonchev–Trinajstić information content (AvgIpc) is 3.56. The minimum absolute atomic E-state index is 0.159. The number of carbonyl (C=O) groups excluding carboxylic acids is 1. The van der Waals surface area contributed by atoms with Gasteiger partial charge in [-0.05, 0) is 38.1 Å². The lowest BCUT2D eigenvalue weighted by molar-refractivity contribution is -0.122. The molecule has 5 N–H and O–H groups in total. The molecule has 0 aromatic heterocycles. The van der Waals surface area contributed by atoms with Crippen LogP contribution in [0, 0.1) is 5.92 Å². The molecule has 1 saturated heterocycles. The highest BCUT2D eigenvalue weighted by molar-refractivity contribution is 8.77. The third-order valence-corrected chi connectivity index (χ3v) is 15.0. The van der Waals surface area contributed by atoms with Gasteiger partial charge in [-0.25, -0.2) is 13.7 Å². The van der Waals surface area contributed by atoms with Crippen LogP contribution in [-0.2, 0) is 60.1 Å². The second-order valence-electron chi connectivity index (χ2n) is 13.5. The van der Waals surface area contributed by atoms with Crippen molar-refractivity contribution in [2.75, 3.05) is 78.5 Å². The monoisotopic (exact) mass is 904 g/mol.